The first-order chi connectivity index (χ1) is 9.24. The second-order valence-electron chi connectivity index (χ2n) is 5.14. The molecule has 0 heterocycles. The molecule has 0 fully saturated rings. The van der Waals surface area contributed by atoms with Crippen LogP contribution in [0.25, 0.3) is 0 Å². The molecule has 6 heteroatoms. The Kier molecular flexibility index (Phi) is 4.85. The van der Waals surface area contributed by atoms with Gasteiger partial charge in [0.2, 0.25) is 5.91 Å². The summed E-state index contributed by atoms with van der Waals surface area (Å²) in [6, 6.07) is 6.05. The topological polar surface area (TPSA) is 109 Å². The maximum Gasteiger partial charge on any atom is 0.309 e. The van der Waals surface area contributed by atoms with Gasteiger partial charge in [0.1, 0.15) is 0 Å². The number of rotatable bonds is 6. The minimum atomic E-state index is -0.914. The summed E-state index contributed by atoms with van der Waals surface area (Å²) >= 11 is 0. The number of primary amides is 1. The molecular formula is C14H18N2O4. The lowest BCUT2D eigenvalue weighted by atomic mass is 9.90. The number of hydrogen-bond donors (Lipinski definition) is 3. The summed E-state index contributed by atoms with van der Waals surface area (Å²) in [5, 5.41) is 11.6. The highest BCUT2D eigenvalue weighted by atomic mass is 16.4. The summed E-state index contributed by atoms with van der Waals surface area (Å²) in [6.07, 6.45) is 0.309. The maximum atomic E-state index is 11.9. The van der Waals surface area contributed by atoms with Gasteiger partial charge in [-0.25, -0.2) is 0 Å². The number of nitrogens with two attached hydrogens (primary N) is 1. The molecule has 0 saturated heterocycles. The molecule has 0 aliphatic rings. The molecule has 0 aliphatic heterocycles. The quantitative estimate of drug-likeness (QED) is 0.721. The zero-order chi connectivity index (χ0) is 15.3. The monoisotopic (exact) mass is 278 g/mol. The molecule has 0 bridgehead atoms. The van der Waals surface area contributed by atoms with E-state index in [-0.39, 0.29) is 18.0 Å². The van der Waals surface area contributed by atoms with Crippen LogP contribution in [0.1, 0.15) is 41.0 Å². The smallest absolute Gasteiger partial charge is 0.309 e. The maximum absolute atomic E-state index is 11.9. The highest BCUT2D eigenvalue weighted by Gasteiger charge is 2.26. The molecule has 0 saturated carbocycles. The van der Waals surface area contributed by atoms with Gasteiger partial charge in [-0.1, -0.05) is 6.07 Å². The average Bonchev–Trinajstić information content (AvgIpc) is 2.38. The molecule has 20 heavy (non-hydrogen) atoms. The number of aliphatic carboxylic acids is 1. The van der Waals surface area contributed by atoms with E-state index in [4.69, 9.17) is 10.8 Å². The molecule has 0 aliphatic carbocycles. The number of carboxylic acids is 1. The van der Waals surface area contributed by atoms with Crippen molar-refractivity contribution in [2.45, 2.75) is 20.3 Å². The highest BCUT2D eigenvalue weighted by molar-refractivity contribution is 5.99. The molecule has 0 radical (unpaired) electrons. The van der Waals surface area contributed by atoms with E-state index in [1.165, 1.54) is 12.1 Å². The van der Waals surface area contributed by atoms with Crippen LogP contribution in [0, 0.1) is 5.41 Å². The lowest BCUT2D eigenvalue weighted by molar-refractivity contribution is -0.147. The molecular weight excluding hydrogens is 260 g/mol. The van der Waals surface area contributed by atoms with Crippen LogP contribution in [0.3, 0.4) is 0 Å². The van der Waals surface area contributed by atoms with Crippen molar-refractivity contribution in [3.8, 4) is 0 Å². The van der Waals surface area contributed by atoms with Gasteiger partial charge < -0.3 is 16.2 Å². The van der Waals surface area contributed by atoms with Gasteiger partial charge in [0.15, 0.2) is 0 Å². The third-order valence-corrected chi connectivity index (χ3v) is 3.02. The summed E-state index contributed by atoms with van der Waals surface area (Å²) in [6.45, 7) is 3.42. The van der Waals surface area contributed by atoms with Crippen LogP contribution < -0.4 is 11.1 Å². The van der Waals surface area contributed by atoms with Gasteiger partial charge in [-0.2, -0.15) is 0 Å². The minimum Gasteiger partial charge on any atom is -0.481 e. The Balaban J connectivity index is 2.62. The van der Waals surface area contributed by atoms with E-state index >= 15 is 0 Å². The van der Waals surface area contributed by atoms with E-state index in [2.05, 4.69) is 5.32 Å². The Labute approximate surface area is 117 Å². The summed E-state index contributed by atoms with van der Waals surface area (Å²) in [5.74, 6) is -1.89. The molecule has 0 atom stereocenters. The number of carbonyl (C=O) groups is 3. The van der Waals surface area contributed by atoms with Crippen LogP contribution in [-0.2, 0) is 4.79 Å². The molecule has 0 unspecified atom stereocenters. The summed E-state index contributed by atoms with van der Waals surface area (Å²) in [4.78, 5) is 33.8. The average molecular weight is 278 g/mol. The molecule has 0 aromatic heterocycles. The van der Waals surface area contributed by atoms with E-state index in [0.717, 1.165) is 0 Å². The number of benzene rings is 1. The molecule has 1 rings (SSSR count). The Morgan fingerprint density at radius 1 is 1.25 bits per heavy atom. The zero-order valence-electron chi connectivity index (χ0n) is 11.5. The predicted octanol–water partition coefficient (Wildman–Crippen LogP) is 1.02. The molecule has 0 spiro atoms. The largest absolute Gasteiger partial charge is 0.481 e. The van der Waals surface area contributed by atoms with Gasteiger partial charge >= 0.3 is 5.97 Å². The van der Waals surface area contributed by atoms with Gasteiger partial charge in [0.05, 0.1) is 5.41 Å². The van der Waals surface area contributed by atoms with Crippen LogP contribution in [0.15, 0.2) is 24.3 Å². The van der Waals surface area contributed by atoms with Crippen LogP contribution in [0.4, 0.5) is 0 Å². The predicted molar refractivity (Wildman–Crippen MR) is 73.3 cm³/mol. The van der Waals surface area contributed by atoms with Crippen molar-refractivity contribution in [1.29, 1.82) is 0 Å². The fourth-order valence-electron chi connectivity index (χ4n) is 1.51. The summed E-state index contributed by atoms with van der Waals surface area (Å²) < 4.78 is 0. The van der Waals surface area contributed by atoms with Gasteiger partial charge in [-0.05, 0) is 38.5 Å². The Hall–Kier alpha value is -2.37. The Bertz CT molecular complexity index is 538. The molecule has 108 valence electrons. The van der Waals surface area contributed by atoms with Crippen molar-refractivity contribution in [3.63, 3.8) is 0 Å². The normalized spacial score (nSPS) is 10.9. The molecule has 2 amide bonds. The molecule has 4 N–H and O–H groups in total. The van der Waals surface area contributed by atoms with Crippen molar-refractivity contribution in [2.75, 3.05) is 6.54 Å². The van der Waals surface area contributed by atoms with Crippen molar-refractivity contribution < 1.29 is 19.5 Å². The summed E-state index contributed by atoms with van der Waals surface area (Å²) in [7, 11) is 0. The second-order valence-corrected chi connectivity index (χ2v) is 5.14. The van der Waals surface area contributed by atoms with Gasteiger partial charge in [0.25, 0.3) is 5.91 Å². The second kappa shape index (κ2) is 6.18. The Morgan fingerprint density at radius 2 is 1.85 bits per heavy atom. The first-order valence-corrected chi connectivity index (χ1v) is 6.15. The minimum absolute atomic E-state index is 0.235. The zero-order valence-corrected chi connectivity index (χ0v) is 11.5. The molecule has 1 aromatic carbocycles. The van der Waals surface area contributed by atoms with E-state index in [1.54, 1.807) is 26.0 Å². The van der Waals surface area contributed by atoms with Crippen molar-refractivity contribution in [2.24, 2.45) is 11.1 Å². The van der Waals surface area contributed by atoms with E-state index < -0.39 is 17.3 Å². The van der Waals surface area contributed by atoms with E-state index in [9.17, 15) is 14.4 Å². The number of nitrogens with one attached hydrogen (secondary N) is 1. The number of carboxylic acid groups (broad SMARTS) is 1. The third kappa shape index (κ3) is 4.08. The van der Waals surface area contributed by atoms with E-state index in [0.29, 0.717) is 12.0 Å². The lowest BCUT2D eigenvalue weighted by Crippen LogP contribution is -2.32. The fourth-order valence-corrected chi connectivity index (χ4v) is 1.51. The van der Waals surface area contributed by atoms with Gasteiger partial charge in [-0.3, -0.25) is 14.4 Å². The molecule has 6 nitrogen and oxygen atoms in total. The van der Waals surface area contributed by atoms with Crippen LogP contribution in [0.5, 0.6) is 0 Å². The SMILES string of the molecule is CC(C)(CCNC(=O)c1cccc(C(N)=O)c1)C(=O)O. The first kappa shape index (κ1) is 15.7. The number of hydrogen-bond acceptors (Lipinski definition) is 3. The first-order valence-electron chi connectivity index (χ1n) is 6.15. The van der Waals surface area contributed by atoms with Crippen molar-refractivity contribution in [3.05, 3.63) is 35.4 Å². The lowest BCUT2D eigenvalue weighted by Gasteiger charge is -2.18. The highest BCUT2D eigenvalue weighted by Crippen LogP contribution is 2.19. The number of amides is 2. The van der Waals surface area contributed by atoms with Gasteiger partial charge in [0, 0.05) is 17.7 Å². The Morgan fingerprint density at radius 3 is 2.40 bits per heavy atom. The number of carbonyl (C=O) groups excluding carboxylic acids is 2. The van der Waals surface area contributed by atoms with Crippen LogP contribution in [-0.4, -0.2) is 29.4 Å². The summed E-state index contributed by atoms with van der Waals surface area (Å²) in [5.41, 5.74) is 4.80. The fraction of sp³-hybridized carbons (Fsp3) is 0.357. The van der Waals surface area contributed by atoms with Crippen LogP contribution in [0.2, 0.25) is 0 Å². The molecule has 1 aromatic rings. The standard InChI is InChI=1S/C14H18N2O4/c1-14(2,13(19)20)6-7-16-12(18)10-5-3-4-9(8-10)11(15)17/h3-5,8H,6-7H2,1-2H3,(H2,15,17)(H,16,18)(H,19,20). The van der Waals surface area contributed by atoms with Crippen LogP contribution >= 0.6 is 0 Å². The van der Waals surface area contributed by atoms with Gasteiger partial charge in [-0.15, -0.1) is 0 Å². The third-order valence-electron chi connectivity index (χ3n) is 3.02. The van der Waals surface area contributed by atoms with E-state index in [1.807, 2.05) is 0 Å². The van der Waals surface area contributed by atoms with Crippen molar-refractivity contribution in [1.82, 2.24) is 5.32 Å². The van der Waals surface area contributed by atoms with Crippen molar-refractivity contribution >= 4 is 17.8 Å².